The fraction of sp³-hybridized carbons (Fsp3) is 0.190. The minimum Gasteiger partial charge on any atom is -0.495 e. The van der Waals surface area contributed by atoms with E-state index in [1.54, 1.807) is 19.2 Å². The van der Waals surface area contributed by atoms with E-state index in [1.807, 2.05) is 56.3 Å². The van der Waals surface area contributed by atoms with Gasteiger partial charge in [0.15, 0.2) is 11.6 Å². The van der Waals surface area contributed by atoms with Gasteiger partial charge in [-0.2, -0.15) is 0 Å². The Bertz CT molecular complexity index is 922. The highest BCUT2D eigenvalue weighted by Crippen LogP contribution is 2.27. The van der Waals surface area contributed by atoms with Gasteiger partial charge in [-0.25, -0.2) is 0 Å². The summed E-state index contributed by atoms with van der Waals surface area (Å²) in [5.41, 5.74) is 4.03. The van der Waals surface area contributed by atoms with Crippen molar-refractivity contribution in [1.29, 1.82) is 0 Å². The maximum Gasteiger partial charge on any atom is 0.229 e. The first-order chi connectivity index (χ1) is 13.0. The topological polar surface area (TPSA) is 76.1 Å². The largest absolute Gasteiger partial charge is 0.495 e. The summed E-state index contributed by atoms with van der Waals surface area (Å²) in [6, 6.07) is 17.2. The van der Waals surface area contributed by atoms with Crippen molar-refractivity contribution in [3.05, 3.63) is 71.3 Å². The Hall–Kier alpha value is -3.41. The molecular formula is C21H22N4O2. The molecule has 0 spiro atoms. The van der Waals surface area contributed by atoms with Crippen molar-refractivity contribution in [2.75, 3.05) is 17.7 Å². The molecule has 3 aromatic rings. The lowest BCUT2D eigenvalue weighted by Crippen LogP contribution is -2.15. The summed E-state index contributed by atoms with van der Waals surface area (Å²) >= 11 is 0. The van der Waals surface area contributed by atoms with Crippen molar-refractivity contribution in [2.24, 2.45) is 0 Å². The highest BCUT2D eigenvalue weighted by atomic mass is 16.5. The number of aromatic nitrogens is 2. The maximum absolute atomic E-state index is 12.2. The fourth-order valence-corrected chi connectivity index (χ4v) is 2.60. The van der Waals surface area contributed by atoms with Gasteiger partial charge in [0, 0.05) is 0 Å². The summed E-state index contributed by atoms with van der Waals surface area (Å²) in [4.78, 5) is 12.2. The highest BCUT2D eigenvalue weighted by Gasteiger charge is 2.08. The molecule has 0 aliphatic carbocycles. The third kappa shape index (κ3) is 5.04. The van der Waals surface area contributed by atoms with Gasteiger partial charge in [0.2, 0.25) is 5.91 Å². The predicted octanol–water partition coefficient (Wildman–Crippen LogP) is 4.03. The SMILES string of the molecule is COc1ccc(C)cc1Nc1ccc(NC(=O)Cc2ccc(C)cc2)nn1. The van der Waals surface area contributed by atoms with Gasteiger partial charge in [0.05, 0.1) is 19.2 Å². The summed E-state index contributed by atoms with van der Waals surface area (Å²) in [5, 5.41) is 14.1. The molecule has 0 saturated heterocycles. The highest BCUT2D eigenvalue weighted by molar-refractivity contribution is 5.91. The minimum absolute atomic E-state index is 0.130. The molecule has 0 aliphatic rings. The Kier molecular flexibility index (Phi) is 5.66. The molecule has 1 amide bonds. The van der Waals surface area contributed by atoms with Crippen LogP contribution in [-0.4, -0.2) is 23.2 Å². The molecule has 0 radical (unpaired) electrons. The maximum atomic E-state index is 12.2. The minimum atomic E-state index is -0.130. The van der Waals surface area contributed by atoms with Crippen molar-refractivity contribution in [3.63, 3.8) is 0 Å². The first kappa shape index (κ1) is 18.4. The van der Waals surface area contributed by atoms with Crippen molar-refractivity contribution in [2.45, 2.75) is 20.3 Å². The van der Waals surface area contributed by atoms with Crippen LogP contribution >= 0.6 is 0 Å². The second kappa shape index (κ2) is 8.31. The quantitative estimate of drug-likeness (QED) is 0.692. The third-order valence-corrected chi connectivity index (χ3v) is 4.04. The van der Waals surface area contributed by atoms with Crippen LogP contribution in [0.4, 0.5) is 17.3 Å². The van der Waals surface area contributed by atoms with E-state index < -0.39 is 0 Å². The normalized spacial score (nSPS) is 10.3. The van der Waals surface area contributed by atoms with Gasteiger partial charge < -0.3 is 15.4 Å². The van der Waals surface area contributed by atoms with Crippen LogP contribution in [0.2, 0.25) is 0 Å². The van der Waals surface area contributed by atoms with Crippen molar-refractivity contribution < 1.29 is 9.53 Å². The molecule has 2 aromatic carbocycles. The average Bonchev–Trinajstić information content (AvgIpc) is 2.65. The van der Waals surface area contributed by atoms with Crippen LogP contribution in [0.5, 0.6) is 5.75 Å². The molecule has 138 valence electrons. The van der Waals surface area contributed by atoms with Gasteiger partial charge in [0.1, 0.15) is 5.75 Å². The van der Waals surface area contributed by atoms with Crippen LogP contribution < -0.4 is 15.4 Å². The number of rotatable bonds is 6. The standard InChI is InChI=1S/C21H22N4O2/c1-14-4-7-16(8-5-14)13-21(26)23-20-11-10-19(24-25-20)22-17-12-15(2)6-9-18(17)27-3/h4-12H,13H2,1-3H3,(H,22,24)(H,23,25,26). The summed E-state index contributed by atoms with van der Waals surface area (Å²) in [5.74, 6) is 1.57. The first-order valence-corrected chi connectivity index (χ1v) is 8.64. The molecule has 6 nitrogen and oxygen atoms in total. The number of amides is 1. The van der Waals surface area contributed by atoms with Gasteiger partial charge in [-0.3, -0.25) is 4.79 Å². The number of ether oxygens (including phenoxy) is 1. The average molecular weight is 362 g/mol. The number of carbonyl (C=O) groups is 1. The summed E-state index contributed by atoms with van der Waals surface area (Å²) in [6.45, 7) is 4.02. The summed E-state index contributed by atoms with van der Waals surface area (Å²) in [6.07, 6.45) is 0.294. The van der Waals surface area contributed by atoms with Gasteiger partial charge in [-0.15, -0.1) is 10.2 Å². The zero-order chi connectivity index (χ0) is 19.2. The lowest BCUT2D eigenvalue weighted by Gasteiger charge is -2.11. The molecule has 2 N–H and O–H groups in total. The predicted molar refractivity (Wildman–Crippen MR) is 107 cm³/mol. The molecule has 0 unspecified atom stereocenters. The van der Waals surface area contributed by atoms with Crippen LogP contribution in [-0.2, 0) is 11.2 Å². The lowest BCUT2D eigenvalue weighted by atomic mass is 10.1. The van der Waals surface area contributed by atoms with Gasteiger partial charge in [-0.05, 0) is 49.2 Å². The Morgan fingerprint density at radius 1 is 0.926 bits per heavy atom. The zero-order valence-corrected chi connectivity index (χ0v) is 15.6. The smallest absolute Gasteiger partial charge is 0.229 e. The van der Waals surface area contributed by atoms with Crippen LogP contribution in [0.25, 0.3) is 0 Å². The Morgan fingerprint density at radius 3 is 2.26 bits per heavy atom. The number of aryl methyl sites for hydroxylation is 2. The van der Waals surface area contributed by atoms with E-state index in [4.69, 9.17) is 4.74 Å². The van der Waals surface area contributed by atoms with Crippen LogP contribution in [0, 0.1) is 13.8 Å². The molecule has 0 atom stereocenters. The Balaban J connectivity index is 1.62. The molecule has 0 aliphatic heterocycles. The molecule has 0 saturated carbocycles. The molecule has 6 heteroatoms. The second-order valence-corrected chi connectivity index (χ2v) is 6.34. The summed E-state index contributed by atoms with van der Waals surface area (Å²) in [7, 11) is 1.62. The third-order valence-electron chi connectivity index (χ3n) is 4.04. The van der Waals surface area contributed by atoms with Crippen LogP contribution in [0.3, 0.4) is 0 Å². The number of nitrogens with zero attached hydrogens (tertiary/aromatic N) is 2. The summed E-state index contributed by atoms with van der Waals surface area (Å²) < 4.78 is 5.35. The monoisotopic (exact) mass is 362 g/mol. The number of nitrogens with one attached hydrogen (secondary N) is 2. The number of carbonyl (C=O) groups excluding carboxylic acids is 1. The van der Waals surface area contributed by atoms with E-state index in [-0.39, 0.29) is 5.91 Å². The number of hydrogen-bond acceptors (Lipinski definition) is 5. The molecule has 1 aromatic heterocycles. The van der Waals surface area contributed by atoms with E-state index in [0.29, 0.717) is 18.1 Å². The Labute approximate surface area is 158 Å². The van der Waals surface area contributed by atoms with Gasteiger partial charge in [0.25, 0.3) is 0 Å². The van der Waals surface area contributed by atoms with Crippen LogP contribution in [0.1, 0.15) is 16.7 Å². The second-order valence-electron chi connectivity index (χ2n) is 6.34. The number of benzene rings is 2. The van der Waals surface area contributed by atoms with Crippen molar-refractivity contribution >= 4 is 23.2 Å². The zero-order valence-electron chi connectivity index (χ0n) is 15.6. The van der Waals surface area contributed by atoms with Crippen LogP contribution in [0.15, 0.2) is 54.6 Å². The van der Waals surface area contributed by atoms with E-state index in [2.05, 4.69) is 20.8 Å². The van der Waals surface area contributed by atoms with Gasteiger partial charge >= 0.3 is 0 Å². The lowest BCUT2D eigenvalue weighted by molar-refractivity contribution is -0.115. The molecule has 0 fully saturated rings. The molecule has 0 bridgehead atoms. The van der Waals surface area contributed by atoms with E-state index in [9.17, 15) is 4.79 Å². The fourth-order valence-electron chi connectivity index (χ4n) is 2.60. The molecule has 27 heavy (non-hydrogen) atoms. The molecular weight excluding hydrogens is 340 g/mol. The van der Waals surface area contributed by atoms with Crippen molar-refractivity contribution in [3.8, 4) is 5.75 Å². The number of anilines is 3. The molecule has 1 heterocycles. The van der Waals surface area contributed by atoms with E-state index in [0.717, 1.165) is 22.6 Å². The van der Waals surface area contributed by atoms with Crippen molar-refractivity contribution in [1.82, 2.24) is 10.2 Å². The first-order valence-electron chi connectivity index (χ1n) is 8.64. The number of methoxy groups -OCH3 is 1. The van der Waals surface area contributed by atoms with E-state index >= 15 is 0 Å². The van der Waals surface area contributed by atoms with E-state index in [1.165, 1.54) is 5.56 Å². The molecule has 3 rings (SSSR count). The Morgan fingerprint density at radius 2 is 1.59 bits per heavy atom. The van der Waals surface area contributed by atoms with Gasteiger partial charge in [-0.1, -0.05) is 35.9 Å². The number of hydrogen-bond donors (Lipinski definition) is 2.